The third-order valence-electron chi connectivity index (χ3n) is 2.01. The summed E-state index contributed by atoms with van der Waals surface area (Å²) in [5.41, 5.74) is 6.11. The topological polar surface area (TPSA) is 55.6 Å². The van der Waals surface area contributed by atoms with Crippen LogP contribution in [0, 0.1) is 0 Å². The van der Waals surface area contributed by atoms with Gasteiger partial charge in [-0.15, -0.1) is 0 Å². The third kappa shape index (κ3) is 3.69. The van der Waals surface area contributed by atoms with Crippen molar-refractivity contribution in [1.29, 1.82) is 0 Å². The molecule has 0 unspecified atom stereocenters. The molecular weight excluding hydrogens is 192 g/mol. The highest BCUT2D eigenvalue weighted by molar-refractivity contribution is 5.93. The fourth-order valence-electron chi connectivity index (χ4n) is 1.14. The highest BCUT2D eigenvalue weighted by atomic mass is 16.5. The van der Waals surface area contributed by atoms with Crippen molar-refractivity contribution in [2.75, 3.05) is 31.7 Å². The molecule has 1 amide bonds. The molecule has 1 rings (SSSR count). The van der Waals surface area contributed by atoms with Crippen LogP contribution in [0.1, 0.15) is 0 Å². The second-order valence-electron chi connectivity index (χ2n) is 3.13. The van der Waals surface area contributed by atoms with Crippen LogP contribution in [0.4, 0.5) is 5.69 Å². The summed E-state index contributed by atoms with van der Waals surface area (Å²) >= 11 is 0. The van der Waals surface area contributed by atoms with Crippen molar-refractivity contribution in [3.05, 3.63) is 30.3 Å². The predicted octanol–water partition coefficient (Wildman–Crippen LogP) is 0.625. The first kappa shape index (κ1) is 11.7. The number of nitrogens with two attached hydrogens (primary N) is 1. The zero-order valence-electron chi connectivity index (χ0n) is 8.85. The molecule has 15 heavy (non-hydrogen) atoms. The van der Waals surface area contributed by atoms with Gasteiger partial charge < -0.3 is 15.4 Å². The number of rotatable bonds is 5. The van der Waals surface area contributed by atoms with E-state index in [4.69, 9.17) is 10.5 Å². The molecule has 0 aliphatic carbocycles. The van der Waals surface area contributed by atoms with E-state index in [1.54, 1.807) is 11.9 Å². The molecule has 0 fully saturated rings. The number of anilines is 1. The molecule has 1 aromatic carbocycles. The first-order chi connectivity index (χ1) is 7.25. The molecule has 0 atom stereocenters. The van der Waals surface area contributed by atoms with Gasteiger partial charge in [-0.2, -0.15) is 0 Å². The Morgan fingerprint density at radius 1 is 1.40 bits per heavy atom. The first-order valence-corrected chi connectivity index (χ1v) is 4.85. The summed E-state index contributed by atoms with van der Waals surface area (Å²) in [5.74, 6) is -0.0744. The first-order valence-electron chi connectivity index (χ1n) is 4.85. The quantitative estimate of drug-likeness (QED) is 0.722. The number of para-hydroxylation sites is 1. The van der Waals surface area contributed by atoms with Crippen LogP contribution in [0.5, 0.6) is 0 Å². The molecule has 4 heteroatoms. The van der Waals surface area contributed by atoms with Crippen molar-refractivity contribution >= 4 is 11.6 Å². The van der Waals surface area contributed by atoms with Gasteiger partial charge in [0.2, 0.25) is 0 Å². The fraction of sp³-hybridized carbons (Fsp3) is 0.364. The van der Waals surface area contributed by atoms with Crippen molar-refractivity contribution in [3.8, 4) is 0 Å². The number of benzene rings is 1. The summed E-state index contributed by atoms with van der Waals surface area (Å²) in [5, 5.41) is 0. The van der Waals surface area contributed by atoms with Crippen LogP contribution in [-0.4, -0.2) is 32.7 Å². The van der Waals surface area contributed by atoms with E-state index < -0.39 is 0 Å². The van der Waals surface area contributed by atoms with Gasteiger partial charge >= 0.3 is 0 Å². The average molecular weight is 208 g/mol. The Kier molecular flexibility index (Phi) is 4.80. The summed E-state index contributed by atoms with van der Waals surface area (Å²) in [4.78, 5) is 13.1. The molecule has 0 bridgehead atoms. The van der Waals surface area contributed by atoms with Gasteiger partial charge in [-0.3, -0.25) is 4.79 Å². The number of carbonyl (C=O) groups excluding carboxylic acids is 1. The van der Waals surface area contributed by atoms with Crippen LogP contribution in [-0.2, 0) is 9.53 Å². The molecule has 0 saturated heterocycles. The van der Waals surface area contributed by atoms with Gasteiger partial charge in [0, 0.05) is 19.3 Å². The van der Waals surface area contributed by atoms with Crippen LogP contribution in [0.15, 0.2) is 30.3 Å². The van der Waals surface area contributed by atoms with Gasteiger partial charge in [0.25, 0.3) is 5.91 Å². The lowest BCUT2D eigenvalue weighted by Crippen LogP contribution is -2.30. The Bertz CT molecular complexity index is 301. The minimum absolute atomic E-state index is 0.0720. The second-order valence-corrected chi connectivity index (χ2v) is 3.13. The highest BCUT2D eigenvalue weighted by Gasteiger charge is 2.09. The summed E-state index contributed by atoms with van der Waals surface area (Å²) in [6.45, 7) is 0.916. The van der Waals surface area contributed by atoms with Crippen LogP contribution in [0.3, 0.4) is 0 Å². The molecule has 0 heterocycles. The Labute approximate surface area is 89.6 Å². The predicted molar refractivity (Wildman–Crippen MR) is 59.7 cm³/mol. The molecule has 4 nitrogen and oxygen atoms in total. The zero-order valence-corrected chi connectivity index (χ0v) is 8.85. The van der Waals surface area contributed by atoms with Gasteiger partial charge in [0.15, 0.2) is 0 Å². The van der Waals surface area contributed by atoms with E-state index >= 15 is 0 Å². The molecule has 0 aliphatic rings. The zero-order chi connectivity index (χ0) is 11.1. The Balaban J connectivity index is 2.46. The molecule has 1 aromatic rings. The van der Waals surface area contributed by atoms with Gasteiger partial charge in [0.05, 0.1) is 6.61 Å². The third-order valence-corrected chi connectivity index (χ3v) is 2.01. The molecule has 0 spiro atoms. The normalized spacial score (nSPS) is 10.0. The summed E-state index contributed by atoms with van der Waals surface area (Å²) in [7, 11) is 1.73. The van der Waals surface area contributed by atoms with Crippen LogP contribution >= 0.6 is 0 Å². The molecule has 0 radical (unpaired) electrons. The molecule has 0 aromatic heterocycles. The van der Waals surface area contributed by atoms with Crippen molar-refractivity contribution in [1.82, 2.24) is 0 Å². The van der Waals surface area contributed by atoms with Gasteiger partial charge in [-0.25, -0.2) is 0 Å². The monoisotopic (exact) mass is 208 g/mol. The van der Waals surface area contributed by atoms with Gasteiger partial charge in [0.1, 0.15) is 6.61 Å². The fourth-order valence-corrected chi connectivity index (χ4v) is 1.14. The molecule has 0 aliphatic heterocycles. The van der Waals surface area contributed by atoms with Crippen LogP contribution in [0.2, 0.25) is 0 Å². The Hall–Kier alpha value is -1.39. The Morgan fingerprint density at radius 3 is 2.67 bits per heavy atom. The number of nitrogens with zero attached hydrogens (tertiary/aromatic N) is 1. The van der Waals surface area contributed by atoms with Crippen LogP contribution in [0.25, 0.3) is 0 Å². The van der Waals surface area contributed by atoms with E-state index in [9.17, 15) is 4.79 Å². The summed E-state index contributed by atoms with van der Waals surface area (Å²) < 4.78 is 5.07. The van der Waals surface area contributed by atoms with E-state index in [0.717, 1.165) is 5.69 Å². The maximum atomic E-state index is 11.6. The Morgan fingerprint density at radius 2 is 2.07 bits per heavy atom. The minimum Gasteiger partial charge on any atom is -0.370 e. The number of amides is 1. The van der Waals surface area contributed by atoms with E-state index in [1.165, 1.54) is 0 Å². The largest absolute Gasteiger partial charge is 0.370 e. The van der Waals surface area contributed by atoms with Crippen molar-refractivity contribution < 1.29 is 9.53 Å². The van der Waals surface area contributed by atoms with E-state index in [0.29, 0.717) is 13.2 Å². The molecular formula is C11H16N2O2. The van der Waals surface area contributed by atoms with Crippen molar-refractivity contribution in [2.24, 2.45) is 5.73 Å². The second kappa shape index (κ2) is 6.16. The average Bonchev–Trinajstić information content (AvgIpc) is 2.29. The number of hydrogen-bond donors (Lipinski definition) is 1. The number of hydrogen-bond acceptors (Lipinski definition) is 3. The van der Waals surface area contributed by atoms with E-state index in [2.05, 4.69) is 0 Å². The number of ether oxygens (including phenoxy) is 1. The highest BCUT2D eigenvalue weighted by Crippen LogP contribution is 2.10. The molecule has 0 saturated carbocycles. The summed E-state index contributed by atoms with van der Waals surface area (Å²) in [6, 6.07) is 9.44. The smallest absolute Gasteiger partial charge is 0.252 e. The maximum Gasteiger partial charge on any atom is 0.252 e. The lowest BCUT2D eigenvalue weighted by molar-refractivity contribution is -0.122. The van der Waals surface area contributed by atoms with Crippen molar-refractivity contribution in [2.45, 2.75) is 0 Å². The van der Waals surface area contributed by atoms with Gasteiger partial charge in [-0.05, 0) is 12.1 Å². The number of likely N-dealkylation sites (N-methyl/N-ethyl adjacent to an activating group) is 1. The van der Waals surface area contributed by atoms with E-state index in [-0.39, 0.29) is 12.5 Å². The molecule has 2 N–H and O–H groups in total. The lowest BCUT2D eigenvalue weighted by Gasteiger charge is -2.16. The minimum atomic E-state index is -0.0744. The van der Waals surface area contributed by atoms with Gasteiger partial charge in [-0.1, -0.05) is 18.2 Å². The SMILES string of the molecule is CN(C(=O)COCCN)c1ccccc1. The lowest BCUT2D eigenvalue weighted by atomic mass is 10.3. The summed E-state index contributed by atoms with van der Waals surface area (Å²) in [6.07, 6.45) is 0. The number of carbonyl (C=O) groups is 1. The molecule has 82 valence electrons. The standard InChI is InChI=1S/C11H16N2O2/c1-13(10-5-3-2-4-6-10)11(14)9-15-8-7-12/h2-6H,7-9,12H2,1H3. The van der Waals surface area contributed by atoms with E-state index in [1.807, 2.05) is 30.3 Å². The van der Waals surface area contributed by atoms with Crippen LogP contribution < -0.4 is 10.6 Å². The van der Waals surface area contributed by atoms with Crippen molar-refractivity contribution in [3.63, 3.8) is 0 Å². The maximum absolute atomic E-state index is 11.6.